The van der Waals surface area contributed by atoms with Crippen LogP contribution >= 0.6 is 0 Å². The van der Waals surface area contributed by atoms with Crippen molar-refractivity contribution in [3.8, 4) is 0 Å². The van der Waals surface area contributed by atoms with Gasteiger partial charge in [-0.2, -0.15) is 0 Å². The number of pyridine rings is 1. The third kappa shape index (κ3) is 2.66. The Balaban J connectivity index is 1.76. The van der Waals surface area contributed by atoms with Gasteiger partial charge in [-0.15, -0.1) is 0 Å². The fourth-order valence-electron chi connectivity index (χ4n) is 3.45. The van der Waals surface area contributed by atoms with Crippen molar-refractivity contribution in [1.82, 2.24) is 10.3 Å². The van der Waals surface area contributed by atoms with Crippen LogP contribution in [0.1, 0.15) is 30.9 Å². The molecule has 1 aromatic heterocycles. The van der Waals surface area contributed by atoms with Gasteiger partial charge < -0.3 is 14.8 Å². The molecule has 0 bridgehead atoms. The largest absolute Gasteiger partial charge is 0.378 e. The topological polar surface area (TPSA) is 43.4 Å². The minimum Gasteiger partial charge on any atom is -0.378 e. The molecule has 2 aliphatic rings. The summed E-state index contributed by atoms with van der Waals surface area (Å²) in [5.41, 5.74) is 1.24. The molecule has 1 spiro atoms. The van der Waals surface area contributed by atoms with Gasteiger partial charge in [-0.25, -0.2) is 0 Å². The zero-order chi connectivity index (χ0) is 13.1. The maximum Gasteiger partial charge on any atom is 0.0940 e. The van der Waals surface area contributed by atoms with E-state index < -0.39 is 0 Å². The fraction of sp³-hybridized carbons (Fsp3) is 0.667. The first kappa shape index (κ1) is 13.0. The van der Waals surface area contributed by atoms with Crippen molar-refractivity contribution in [3.63, 3.8) is 0 Å². The second-order valence-corrected chi connectivity index (χ2v) is 5.64. The van der Waals surface area contributed by atoms with E-state index in [0.717, 1.165) is 39.1 Å². The van der Waals surface area contributed by atoms with Crippen LogP contribution in [0.5, 0.6) is 0 Å². The number of hydrogen-bond donors (Lipinski definition) is 1. The molecule has 104 valence electrons. The van der Waals surface area contributed by atoms with Crippen LogP contribution in [-0.2, 0) is 9.47 Å². The predicted molar refractivity (Wildman–Crippen MR) is 72.9 cm³/mol. The van der Waals surface area contributed by atoms with Crippen LogP contribution < -0.4 is 5.32 Å². The Morgan fingerprint density at radius 2 is 2.42 bits per heavy atom. The Kier molecular flexibility index (Phi) is 3.82. The lowest BCUT2D eigenvalue weighted by atomic mass is 9.79. The first-order valence-electron chi connectivity index (χ1n) is 7.12. The van der Waals surface area contributed by atoms with Crippen LogP contribution in [0, 0.1) is 5.92 Å². The van der Waals surface area contributed by atoms with Gasteiger partial charge in [0.1, 0.15) is 0 Å². The van der Waals surface area contributed by atoms with E-state index in [1.54, 1.807) is 0 Å². The van der Waals surface area contributed by atoms with Crippen LogP contribution in [0.4, 0.5) is 0 Å². The molecule has 0 radical (unpaired) electrons. The van der Waals surface area contributed by atoms with Crippen molar-refractivity contribution in [2.75, 3.05) is 26.9 Å². The quantitative estimate of drug-likeness (QED) is 0.904. The number of nitrogens with one attached hydrogen (secondary N) is 1. The van der Waals surface area contributed by atoms with E-state index in [1.807, 2.05) is 25.5 Å². The smallest absolute Gasteiger partial charge is 0.0940 e. The number of ether oxygens (including phenoxy) is 2. The summed E-state index contributed by atoms with van der Waals surface area (Å²) in [6, 6.07) is 4.52. The molecular formula is C15H22N2O2. The molecule has 3 heterocycles. The summed E-state index contributed by atoms with van der Waals surface area (Å²) in [5.74, 6) is 0.588. The maximum atomic E-state index is 6.02. The van der Waals surface area contributed by atoms with Crippen molar-refractivity contribution >= 4 is 0 Å². The molecule has 4 nitrogen and oxygen atoms in total. The molecule has 4 heteroatoms. The van der Waals surface area contributed by atoms with Gasteiger partial charge >= 0.3 is 0 Å². The van der Waals surface area contributed by atoms with Gasteiger partial charge in [-0.05, 0) is 37.4 Å². The number of hydrogen-bond acceptors (Lipinski definition) is 4. The summed E-state index contributed by atoms with van der Waals surface area (Å²) < 4.78 is 11.6. The average molecular weight is 262 g/mol. The van der Waals surface area contributed by atoms with Gasteiger partial charge in [0.2, 0.25) is 0 Å². The molecule has 2 aliphatic heterocycles. The number of aromatic nitrogens is 1. The van der Waals surface area contributed by atoms with Crippen LogP contribution in [-0.4, -0.2) is 37.5 Å². The second-order valence-electron chi connectivity index (χ2n) is 5.64. The van der Waals surface area contributed by atoms with Crippen molar-refractivity contribution in [2.24, 2.45) is 5.92 Å². The van der Waals surface area contributed by atoms with Crippen molar-refractivity contribution in [3.05, 3.63) is 30.1 Å². The summed E-state index contributed by atoms with van der Waals surface area (Å²) in [7, 11) is 2.03. The van der Waals surface area contributed by atoms with E-state index in [4.69, 9.17) is 9.47 Å². The van der Waals surface area contributed by atoms with E-state index in [2.05, 4.69) is 16.4 Å². The Labute approximate surface area is 114 Å². The number of rotatable bonds is 3. The first-order chi connectivity index (χ1) is 9.33. The molecular weight excluding hydrogens is 240 g/mol. The minimum atomic E-state index is -0.0276. The SMILES string of the molecule is CNC(c1cccnc1)C1CCOC2(CCOC2)C1. The average Bonchev–Trinajstić information content (AvgIpc) is 2.89. The molecule has 19 heavy (non-hydrogen) atoms. The predicted octanol–water partition coefficient (Wildman–Crippen LogP) is 1.93. The van der Waals surface area contributed by atoms with E-state index in [-0.39, 0.29) is 5.60 Å². The summed E-state index contributed by atoms with van der Waals surface area (Å²) in [4.78, 5) is 4.24. The zero-order valence-corrected chi connectivity index (χ0v) is 11.5. The highest BCUT2D eigenvalue weighted by atomic mass is 16.6. The molecule has 0 aliphatic carbocycles. The lowest BCUT2D eigenvalue weighted by molar-refractivity contribution is -0.103. The Bertz CT molecular complexity index is 404. The third-order valence-corrected chi connectivity index (χ3v) is 4.42. The molecule has 3 rings (SSSR count). The monoisotopic (exact) mass is 262 g/mol. The normalized spacial score (nSPS) is 32.6. The van der Waals surface area contributed by atoms with E-state index in [9.17, 15) is 0 Å². The molecule has 3 unspecified atom stereocenters. The Morgan fingerprint density at radius 3 is 3.11 bits per heavy atom. The van der Waals surface area contributed by atoms with Crippen molar-refractivity contribution in [1.29, 1.82) is 0 Å². The van der Waals surface area contributed by atoms with Gasteiger partial charge in [-0.1, -0.05) is 6.07 Å². The first-order valence-corrected chi connectivity index (χ1v) is 7.12. The maximum absolute atomic E-state index is 6.02. The van der Waals surface area contributed by atoms with E-state index >= 15 is 0 Å². The van der Waals surface area contributed by atoms with Gasteiger partial charge in [0.05, 0.1) is 12.2 Å². The van der Waals surface area contributed by atoms with Gasteiger partial charge in [0.25, 0.3) is 0 Å². The fourth-order valence-corrected chi connectivity index (χ4v) is 3.45. The molecule has 3 atom stereocenters. The summed E-state index contributed by atoms with van der Waals surface area (Å²) in [6.07, 6.45) is 7.00. The second kappa shape index (κ2) is 5.57. The van der Waals surface area contributed by atoms with Gasteiger partial charge in [0.15, 0.2) is 0 Å². The third-order valence-electron chi connectivity index (χ3n) is 4.42. The standard InChI is InChI=1S/C15H22N2O2/c1-16-14(13-3-2-6-17-10-13)12-4-7-19-15(9-12)5-8-18-11-15/h2-3,6,10,12,14,16H,4-5,7-9,11H2,1H3. The minimum absolute atomic E-state index is 0.0276. The molecule has 1 aromatic rings. The van der Waals surface area contributed by atoms with Crippen LogP contribution in [0.2, 0.25) is 0 Å². The Morgan fingerprint density at radius 1 is 1.47 bits per heavy atom. The van der Waals surface area contributed by atoms with Gasteiger partial charge in [0, 0.05) is 38.1 Å². The molecule has 1 N–H and O–H groups in total. The number of nitrogens with zero attached hydrogens (tertiary/aromatic N) is 1. The summed E-state index contributed by atoms with van der Waals surface area (Å²) >= 11 is 0. The highest BCUT2D eigenvalue weighted by Gasteiger charge is 2.42. The summed E-state index contributed by atoms with van der Waals surface area (Å²) in [6.45, 7) is 2.43. The van der Waals surface area contributed by atoms with Crippen molar-refractivity contribution in [2.45, 2.75) is 30.9 Å². The van der Waals surface area contributed by atoms with E-state index in [1.165, 1.54) is 5.56 Å². The lowest BCUT2D eigenvalue weighted by Crippen LogP contribution is -2.43. The van der Waals surface area contributed by atoms with Gasteiger partial charge in [-0.3, -0.25) is 4.98 Å². The molecule has 0 aromatic carbocycles. The van der Waals surface area contributed by atoms with Crippen LogP contribution in [0.25, 0.3) is 0 Å². The Hall–Kier alpha value is -0.970. The summed E-state index contributed by atoms with van der Waals surface area (Å²) in [5, 5.41) is 3.46. The molecule has 2 saturated heterocycles. The van der Waals surface area contributed by atoms with E-state index in [0.29, 0.717) is 12.0 Å². The highest BCUT2D eigenvalue weighted by molar-refractivity contribution is 5.15. The van der Waals surface area contributed by atoms with Crippen molar-refractivity contribution < 1.29 is 9.47 Å². The molecule has 0 saturated carbocycles. The molecule has 2 fully saturated rings. The lowest BCUT2D eigenvalue weighted by Gasteiger charge is -2.40. The van der Waals surface area contributed by atoms with Crippen LogP contribution in [0.3, 0.4) is 0 Å². The molecule has 0 amide bonds. The zero-order valence-electron chi connectivity index (χ0n) is 11.5. The highest BCUT2D eigenvalue weighted by Crippen LogP contribution is 2.40. The van der Waals surface area contributed by atoms with Crippen LogP contribution in [0.15, 0.2) is 24.5 Å².